The van der Waals surface area contributed by atoms with Crippen molar-refractivity contribution in [3.63, 3.8) is 0 Å². The number of piperazine rings is 1. The molecule has 0 unspecified atom stereocenters. The Hall–Kier alpha value is -1.50. The van der Waals surface area contributed by atoms with Crippen molar-refractivity contribution in [3.8, 4) is 5.75 Å². The second-order valence-corrected chi connectivity index (χ2v) is 8.50. The number of ether oxygens (including phenoxy) is 1. The molecule has 6 heteroatoms. The van der Waals surface area contributed by atoms with Crippen molar-refractivity contribution < 1.29 is 9.53 Å². The quantitative estimate of drug-likeness (QED) is 0.541. The summed E-state index contributed by atoms with van der Waals surface area (Å²) >= 11 is 3.45. The van der Waals surface area contributed by atoms with Crippen LogP contribution in [0.1, 0.15) is 16.6 Å². The molecular formula is C19H24N2O2S2. The van der Waals surface area contributed by atoms with E-state index in [9.17, 15) is 4.79 Å². The second kappa shape index (κ2) is 8.74. The third kappa shape index (κ3) is 4.77. The molecule has 1 aromatic heterocycles. The van der Waals surface area contributed by atoms with Crippen molar-refractivity contribution >= 4 is 34.6 Å². The fourth-order valence-electron chi connectivity index (χ4n) is 2.97. The maximum atomic E-state index is 11.4. The van der Waals surface area contributed by atoms with Crippen LogP contribution >= 0.6 is 23.1 Å². The van der Waals surface area contributed by atoms with Gasteiger partial charge in [-0.25, -0.2) is 0 Å². The summed E-state index contributed by atoms with van der Waals surface area (Å²) in [4.78, 5) is 17.1. The zero-order valence-electron chi connectivity index (χ0n) is 14.7. The monoisotopic (exact) mass is 376 g/mol. The fraction of sp³-hybridized carbons (Fsp3) is 0.421. The minimum absolute atomic E-state index is 0.157. The molecule has 25 heavy (non-hydrogen) atoms. The van der Waals surface area contributed by atoms with Crippen LogP contribution in [0.5, 0.6) is 5.75 Å². The van der Waals surface area contributed by atoms with Crippen molar-refractivity contribution in [1.29, 1.82) is 0 Å². The van der Waals surface area contributed by atoms with Gasteiger partial charge in [0.1, 0.15) is 5.75 Å². The van der Waals surface area contributed by atoms with Gasteiger partial charge in [-0.3, -0.25) is 9.69 Å². The van der Waals surface area contributed by atoms with Gasteiger partial charge in [-0.05, 0) is 31.2 Å². The lowest BCUT2D eigenvalue weighted by Crippen LogP contribution is -2.47. The predicted molar refractivity (Wildman–Crippen MR) is 107 cm³/mol. The Kier molecular flexibility index (Phi) is 6.39. The van der Waals surface area contributed by atoms with Crippen LogP contribution in [-0.2, 0) is 0 Å². The molecule has 0 aliphatic carbocycles. The summed E-state index contributed by atoms with van der Waals surface area (Å²) in [6, 6.07) is 12.2. The second-order valence-electron chi connectivity index (χ2n) is 6.02. The third-order valence-electron chi connectivity index (χ3n) is 4.38. The van der Waals surface area contributed by atoms with Gasteiger partial charge < -0.3 is 9.64 Å². The topological polar surface area (TPSA) is 32.8 Å². The number of methoxy groups -OCH3 is 1. The third-order valence-corrected chi connectivity index (χ3v) is 6.77. The average molecular weight is 377 g/mol. The minimum Gasteiger partial charge on any atom is -0.495 e. The van der Waals surface area contributed by atoms with E-state index in [-0.39, 0.29) is 5.78 Å². The van der Waals surface area contributed by atoms with E-state index in [0.717, 1.165) is 49.1 Å². The molecule has 4 nitrogen and oxygen atoms in total. The number of benzene rings is 1. The smallest absolute Gasteiger partial charge is 0.169 e. The molecule has 0 amide bonds. The van der Waals surface area contributed by atoms with Gasteiger partial charge >= 0.3 is 0 Å². The van der Waals surface area contributed by atoms with E-state index < -0.39 is 0 Å². The molecule has 1 aromatic carbocycles. The number of nitrogens with zero attached hydrogens (tertiary/aromatic N) is 2. The first-order valence-electron chi connectivity index (χ1n) is 8.51. The first-order chi connectivity index (χ1) is 12.2. The van der Waals surface area contributed by atoms with Crippen LogP contribution in [0, 0.1) is 0 Å². The van der Waals surface area contributed by atoms with Crippen molar-refractivity contribution in [2.75, 3.05) is 50.5 Å². The summed E-state index contributed by atoms with van der Waals surface area (Å²) in [7, 11) is 1.73. The Bertz CT molecular complexity index is 709. The van der Waals surface area contributed by atoms with Crippen LogP contribution in [0.25, 0.3) is 0 Å². The van der Waals surface area contributed by atoms with Gasteiger partial charge in [0.05, 0.1) is 21.9 Å². The molecule has 2 heterocycles. The number of para-hydroxylation sites is 2. The van der Waals surface area contributed by atoms with Crippen LogP contribution in [-0.4, -0.2) is 56.3 Å². The highest BCUT2D eigenvalue weighted by atomic mass is 32.2. The molecule has 0 atom stereocenters. The van der Waals surface area contributed by atoms with Gasteiger partial charge in [0.25, 0.3) is 0 Å². The molecule has 0 bridgehead atoms. The summed E-state index contributed by atoms with van der Waals surface area (Å²) in [6.07, 6.45) is 0. The van der Waals surface area contributed by atoms with Gasteiger partial charge in [0.2, 0.25) is 0 Å². The van der Waals surface area contributed by atoms with E-state index in [4.69, 9.17) is 4.74 Å². The van der Waals surface area contributed by atoms with Crippen LogP contribution in [0.4, 0.5) is 5.69 Å². The zero-order chi connectivity index (χ0) is 17.6. The Morgan fingerprint density at radius 2 is 1.92 bits per heavy atom. The summed E-state index contributed by atoms with van der Waals surface area (Å²) in [6.45, 7) is 6.90. The maximum absolute atomic E-state index is 11.4. The van der Waals surface area contributed by atoms with Crippen LogP contribution in [0.2, 0.25) is 0 Å². The minimum atomic E-state index is 0.157. The highest BCUT2D eigenvalue weighted by Crippen LogP contribution is 2.29. The molecule has 1 saturated heterocycles. The molecule has 1 aliphatic heterocycles. The Labute approximate surface area is 157 Å². The number of hydrogen-bond acceptors (Lipinski definition) is 6. The van der Waals surface area contributed by atoms with Crippen molar-refractivity contribution in [2.45, 2.75) is 11.1 Å². The SMILES string of the molecule is COc1ccccc1N1CCN(CCSc2ccc(C(C)=O)s2)CC1. The Morgan fingerprint density at radius 1 is 1.16 bits per heavy atom. The van der Waals surface area contributed by atoms with E-state index in [1.807, 2.05) is 30.0 Å². The first-order valence-corrected chi connectivity index (χ1v) is 10.3. The number of anilines is 1. The number of Topliss-reactive ketones (excluding diaryl/α,β-unsaturated/α-hetero) is 1. The average Bonchev–Trinajstić information content (AvgIpc) is 3.11. The number of ketones is 1. The molecule has 0 radical (unpaired) electrons. The lowest BCUT2D eigenvalue weighted by molar-refractivity contribution is 0.102. The number of carbonyl (C=O) groups excluding carboxylic acids is 1. The van der Waals surface area contributed by atoms with E-state index in [2.05, 4.69) is 28.0 Å². The zero-order valence-corrected chi connectivity index (χ0v) is 16.4. The summed E-state index contributed by atoms with van der Waals surface area (Å²) in [5.74, 6) is 2.17. The van der Waals surface area contributed by atoms with Gasteiger partial charge in [-0.15, -0.1) is 23.1 Å². The van der Waals surface area contributed by atoms with Gasteiger partial charge in [0, 0.05) is 38.5 Å². The number of hydrogen-bond donors (Lipinski definition) is 0. The highest BCUT2D eigenvalue weighted by molar-refractivity contribution is 8.01. The molecule has 0 saturated carbocycles. The number of thiophene rings is 1. The van der Waals surface area contributed by atoms with Crippen molar-refractivity contribution in [3.05, 3.63) is 41.3 Å². The van der Waals surface area contributed by atoms with Crippen LogP contribution in [0.15, 0.2) is 40.6 Å². The van der Waals surface area contributed by atoms with E-state index in [0.29, 0.717) is 0 Å². The molecule has 1 aliphatic rings. The molecular weight excluding hydrogens is 352 g/mol. The van der Waals surface area contributed by atoms with Gasteiger partial charge in [0.15, 0.2) is 5.78 Å². The normalized spacial score (nSPS) is 15.4. The van der Waals surface area contributed by atoms with Crippen LogP contribution < -0.4 is 9.64 Å². The lowest BCUT2D eigenvalue weighted by Gasteiger charge is -2.36. The maximum Gasteiger partial charge on any atom is 0.169 e. The van der Waals surface area contributed by atoms with E-state index in [1.54, 1.807) is 25.4 Å². The summed E-state index contributed by atoms with van der Waals surface area (Å²) in [5.41, 5.74) is 1.19. The molecule has 134 valence electrons. The van der Waals surface area contributed by atoms with Crippen LogP contribution in [0.3, 0.4) is 0 Å². The summed E-state index contributed by atoms with van der Waals surface area (Å²) in [5, 5.41) is 0. The number of thioether (sulfide) groups is 1. The van der Waals surface area contributed by atoms with Gasteiger partial charge in [-0.1, -0.05) is 12.1 Å². The molecule has 1 fully saturated rings. The number of carbonyl (C=O) groups is 1. The highest BCUT2D eigenvalue weighted by Gasteiger charge is 2.19. The van der Waals surface area contributed by atoms with Crippen molar-refractivity contribution in [2.24, 2.45) is 0 Å². The standard InChI is InChI=1S/C19H24N2O2S2/c1-15(22)18-7-8-19(25-18)24-14-13-20-9-11-21(12-10-20)16-5-3-4-6-17(16)23-2/h3-8H,9-14H2,1-2H3. The predicted octanol–water partition coefficient (Wildman–Crippen LogP) is 3.87. The first kappa shape index (κ1) is 18.3. The molecule has 3 rings (SSSR count). The van der Waals surface area contributed by atoms with Crippen molar-refractivity contribution in [1.82, 2.24) is 4.90 Å². The lowest BCUT2D eigenvalue weighted by atomic mass is 10.2. The van der Waals surface area contributed by atoms with E-state index >= 15 is 0 Å². The Balaban J connectivity index is 1.44. The molecule has 2 aromatic rings. The molecule has 0 spiro atoms. The molecule has 0 N–H and O–H groups in total. The number of rotatable bonds is 7. The Morgan fingerprint density at radius 3 is 2.60 bits per heavy atom. The summed E-state index contributed by atoms with van der Waals surface area (Å²) < 4.78 is 6.71. The fourth-order valence-corrected chi connectivity index (χ4v) is 5.07. The largest absolute Gasteiger partial charge is 0.495 e. The van der Waals surface area contributed by atoms with Gasteiger partial charge in [-0.2, -0.15) is 0 Å². The van der Waals surface area contributed by atoms with E-state index in [1.165, 1.54) is 9.90 Å².